The molecule has 2 aliphatic rings. The highest BCUT2D eigenvalue weighted by atomic mass is 35.5. The van der Waals surface area contributed by atoms with Crippen molar-refractivity contribution in [3.05, 3.63) is 86.1 Å². The molecule has 3 aromatic rings. The Labute approximate surface area is 215 Å². The summed E-state index contributed by atoms with van der Waals surface area (Å²) in [4.78, 5) is 31.9. The SMILES string of the molecule is Cc1ccc(OCC2c3ccsc3CCN2C(=O)CN(C(=O)c2ccccc2Cl)C2CC2)c(C)c1. The van der Waals surface area contributed by atoms with Crippen LogP contribution in [0.25, 0.3) is 0 Å². The second-order valence-corrected chi connectivity index (χ2v) is 10.8. The average molecular weight is 509 g/mol. The van der Waals surface area contributed by atoms with Gasteiger partial charge in [-0.25, -0.2) is 0 Å². The lowest BCUT2D eigenvalue weighted by molar-refractivity contribution is -0.135. The van der Waals surface area contributed by atoms with Crippen molar-refractivity contribution in [3.8, 4) is 5.75 Å². The van der Waals surface area contributed by atoms with Gasteiger partial charge in [-0.05, 0) is 73.9 Å². The molecule has 35 heavy (non-hydrogen) atoms. The van der Waals surface area contributed by atoms with E-state index in [-0.39, 0.29) is 30.4 Å². The predicted molar refractivity (Wildman–Crippen MR) is 139 cm³/mol. The van der Waals surface area contributed by atoms with E-state index in [2.05, 4.69) is 24.4 Å². The monoisotopic (exact) mass is 508 g/mol. The molecule has 0 radical (unpaired) electrons. The Balaban J connectivity index is 1.36. The van der Waals surface area contributed by atoms with Crippen molar-refractivity contribution in [2.45, 2.75) is 45.2 Å². The van der Waals surface area contributed by atoms with Crippen LogP contribution in [-0.2, 0) is 11.2 Å². The van der Waals surface area contributed by atoms with Crippen molar-refractivity contribution < 1.29 is 14.3 Å². The number of carbonyl (C=O) groups is 2. The standard InChI is InChI=1S/C28H29ClN2O3S/c1-18-7-10-25(19(2)15-18)34-17-24-22-12-14-35-26(22)11-13-30(24)27(32)16-31(20-8-9-20)28(33)21-5-3-4-6-23(21)29/h3-7,10,12,14-15,20,24H,8-9,11,13,16-17H2,1-2H3. The van der Waals surface area contributed by atoms with Gasteiger partial charge in [0.05, 0.1) is 16.6 Å². The van der Waals surface area contributed by atoms with Gasteiger partial charge in [-0.2, -0.15) is 0 Å². The van der Waals surface area contributed by atoms with E-state index in [0.29, 0.717) is 23.7 Å². The molecule has 1 aromatic heterocycles. The molecule has 1 atom stereocenters. The summed E-state index contributed by atoms with van der Waals surface area (Å²) < 4.78 is 6.25. The van der Waals surface area contributed by atoms with Crippen molar-refractivity contribution in [1.82, 2.24) is 9.80 Å². The molecule has 0 saturated heterocycles. The van der Waals surface area contributed by atoms with E-state index in [9.17, 15) is 9.59 Å². The van der Waals surface area contributed by atoms with E-state index >= 15 is 0 Å². The highest BCUT2D eigenvalue weighted by Gasteiger charge is 2.38. The maximum absolute atomic E-state index is 13.7. The zero-order chi connectivity index (χ0) is 24.5. The molecule has 0 bridgehead atoms. The number of fused-ring (bicyclic) bond motifs is 1. The van der Waals surface area contributed by atoms with Gasteiger partial charge in [0.1, 0.15) is 18.9 Å². The van der Waals surface area contributed by atoms with Crippen molar-refractivity contribution in [3.63, 3.8) is 0 Å². The molecule has 0 N–H and O–H groups in total. The molecule has 5 rings (SSSR count). The second kappa shape index (κ2) is 10.0. The average Bonchev–Trinajstić information content (AvgIpc) is 3.57. The number of benzene rings is 2. The first-order valence-electron chi connectivity index (χ1n) is 12.0. The van der Waals surface area contributed by atoms with E-state index in [0.717, 1.165) is 36.1 Å². The zero-order valence-corrected chi connectivity index (χ0v) is 21.6. The molecule has 1 unspecified atom stereocenters. The minimum absolute atomic E-state index is 0.0499. The first-order chi connectivity index (χ1) is 16.9. The second-order valence-electron chi connectivity index (χ2n) is 9.38. The zero-order valence-electron chi connectivity index (χ0n) is 20.0. The third kappa shape index (κ3) is 5.09. The lowest BCUT2D eigenvalue weighted by atomic mass is 10.00. The number of amides is 2. The normalized spacial score (nSPS) is 17.1. The lowest BCUT2D eigenvalue weighted by Gasteiger charge is -2.37. The third-order valence-corrected chi connectivity index (χ3v) is 8.13. The van der Waals surface area contributed by atoms with E-state index in [1.165, 1.54) is 10.4 Å². The van der Waals surface area contributed by atoms with Gasteiger partial charge in [0, 0.05) is 17.5 Å². The molecule has 0 spiro atoms. The van der Waals surface area contributed by atoms with E-state index in [4.69, 9.17) is 16.3 Å². The van der Waals surface area contributed by atoms with Crippen molar-refractivity contribution in [2.24, 2.45) is 0 Å². The fourth-order valence-corrected chi connectivity index (χ4v) is 5.93. The Morgan fingerprint density at radius 1 is 1.14 bits per heavy atom. The van der Waals surface area contributed by atoms with Gasteiger partial charge in [-0.1, -0.05) is 41.4 Å². The highest BCUT2D eigenvalue weighted by molar-refractivity contribution is 7.10. The Hall–Kier alpha value is -2.83. The first-order valence-corrected chi connectivity index (χ1v) is 13.3. The maximum Gasteiger partial charge on any atom is 0.256 e. The summed E-state index contributed by atoms with van der Waals surface area (Å²) in [6.45, 7) is 5.14. The molecular formula is C28H29ClN2O3S. The number of carbonyl (C=O) groups excluding carboxylic acids is 2. The summed E-state index contributed by atoms with van der Waals surface area (Å²) in [5.74, 6) is 0.602. The number of rotatable bonds is 7. The van der Waals surface area contributed by atoms with Gasteiger partial charge in [-0.3, -0.25) is 9.59 Å². The van der Waals surface area contributed by atoms with Crippen LogP contribution < -0.4 is 4.74 Å². The van der Waals surface area contributed by atoms with Gasteiger partial charge in [0.2, 0.25) is 5.91 Å². The van der Waals surface area contributed by atoms with Crippen LogP contribution in [-0.4, -0.2) is 47.4 Å². The number of ether oxygens (including phenoxy) is 1. The Morgan fingerprint density at radius 2 is 1.94 bits per heavy atom. The minimum Gasteiger partial charge on any atom is -0.491 e. The Bertz CT molecular complexity index is 1250. The highest BCUT2D eigenvalue weighted by Crippen LogP contribution is 2.35. The van der Waals surface area contributed by atoms with Crippen LogP contribution in [0.1, 0.15) is 50.8 Å². The summed E-state index contributed by atoms with van der Waals surface area (Å²) in [7, 11) is 0. The lowest BCUT2D eigenvalue weighted by Crippen LogP contribution is -2.48. The molecule has 1 saturated carbocycles. The first kappa shape index (κ1) is 23.9. The Kier molecular flexibility index (Phi) is 6.85. The molecule has 2 heterocycles. The predicted octanol–water partition coefficient (Wildman–Crippen LogP) is 5.83. The number of hydrogen-bond donors (Lipinski definition) is 0. The van der Waals surface area contributed by atoms with Crippen molar-refractivity contribution in [2.75, 3.05) is 19.7 Å². The molecule has 2 amide bonds. The van der Waals surface area contributed by atoms with Crippen LogP contribution in [0.5, 0.6) is 5.75 Å². The van der Waals surface area contributed by atoms with Gasteiger partial charge in [0.25, 0.3) is 5.91 Å². The Morgan fingerprint density at radius 3 is 2.69 bits per heavy atom. The molecular weight excluding hydrogens is 480 g/mol. The summed E-state index contributed by atoms with van der Waals surface area (Å²) in [6.07, 6.45) is 2.65. The third-order valence-electron chi connectivity index (χ3n) is 6.80. The largest absolute Gasteiger partial charge is 0.491 e. The number of nitrogens with zero attached hydrogens (tertiary/aromatic N) is 2. The fraction of sp³-hybridized carbons (Fsp3) is 0.357. The number of thiophene rings is 1. The van der Waals surface area contributed by atoms with Gasteiger partial charge < -0.3 is 14.5 Å². The van der Waals surface area contributed by atoms with E-state index < -0.39 is 0 Å². The summed E-state index contributed by atoms with van der Waals surface area (Å²) in [6, 6.07) is 15.2. The van der Waals surface area contributed by atoms with Crippen LogP contribution in [0.15, 0.2) is 53.9 Å². The smallest absolute Gasteiger partial charge is 0.256 e. The molecule has 2 aromatic carbocycles. The van der Waals surface area contributed by atoms with Gasteiger partial charge in [0.15, 0.2) is 0 Å². The van der Waals surface area contributed by atoms with Gasteiger partial charge in [-0.15, -0.1) is 11.3 Å². The number of hydrogen-bond acceptors (Lipinski definition) is 4. The minimum atomic E-state index is -0.185. The molecule has 1 aliphatic heterocycles. The van der Waals surface area contributed by atoms with Crippen LogP contribution in [0.4, 0.5) is 0 Å². The quantitative estimate of drug-likeness (QED) is 0.403. The molecule has 182 valence electrons. The number of aryl methyl sites for hydroxylation is 2. The van der Waals surface area contributed by atoms with Gasteiger partial charge >= 0.3 is 0 Å². The summed E-state index contributed by atoms with van der Waals surface area (Å²) in [5, 5.41) is 2.50. The topological polar surface area (TPSA) is 49.9 Å². The molecule has 7 heteroatoms. The van der Waals surface area contributed by atoms with Crippen LogP contribution in [0, 0.1) is 13.8 Å². The molecule has 5 nitrogen and oxygen atoms in total. The summed E-state index contributed by atoms with van der Waals surface area (Å²) in [5.41, 5.74) is 3.86. The molecule has 1 fully saturated rings. The van der Waals surface area contributed by atoms with Crippen LogP contribution in [0.3, 0.4) is 0 Å². The van der Waals surface area contributed by atoms with E-state index in [1.54, 1.807) is 40.5 Å². The fourth-order valence-electron chi connectivity index (χ4n) is 4.78. The summed E-state index contributed by atoms with van der Waals surface area (Å²) >= 11 is 8.03. The van der Waals surface area contributed by atoms with Crippen molar-refractivity contribution >= 4 is 34.8 Å². The number of halogens is 1. The maximum atomic E-state index is 13.7. The molecule has 1 aliphatic carbocycles. The van der Waals surface area contributed by atoms with E-state index in [1.807, 2.05) is 24.0 Å². The van der Waals surface area contributed by atoms with Crippen molar-refractivity contribution in [1.29, 1.82) is 0 Å². The van der Waals surface area contributed by atoms with Crippen LogP contribution in [0.2, 0.25) is 5.02 Å². The van der Waals surface area contributed by atoms with Crippen LogP contribution >= 0.6 is 22.9 Å².